The molecular formula is C16H14F5N3O. The van der Waals surface area contributed by atoms with Crippen LogP contribution in [-0.4, -0.2) is 26.8 Å². The van der Waals surface area contributed by atoms with Gasteiger partial charge in [0.1, 0.15) is 0 Å². The maximum absolute atomic E-state index is 13.6. The molecule has 2 aromatic heterocycles. The maximum Gasteiger partial charge on any atom is 0.416 e. The van der Waals surface area contributed by atoms with Gasteiger partial charge in [0, 0.05) is 12.4 Å². The Kier molecular flexibility index (Phi) is 5.24. The molecule has 3 aromatic rings. The molecule has 0 spiro atoms. The first-order valence-electron chi connectivity index (χ1n) is 7.09. The van der Waals surface area contributed by atoms with E-state index in [1.807, 2.05) is 32.0 Å². The van der Waals surface area contributed by atoms with Gasteiger partial charge in [0.05, 0.1) is 11.8 Å². The van der Waals surface area contributed by atoms with Crippen LogP contribution < -0.4 is 5.56 Å². The van der Waals surface area contributed by atoms with Crippen LogP contribution in [0, 0.1) is 19.8 Å². The van der Waals surface area contributed by atoms with Crippen molar-refractivity contribution < 1.29 is 22.0 Å². The minimum atomic E-state index is -4.62. The van der Waals surface area contributed by atoms with Gasteiger partial charge in [-0.05, 0) is 37.1 Å². The summed E-state index contributed by atoms with van der Waals surface area (Å²) in [6, 6.07) is 6.61. The van der Waals surface area contributed by atoms with Crippen LogP contribution in [0.15, 0.2) is 41.5 Å². The zero-order valence-electron chi connectivity index (χ0n) is 13.3. The molecule has 0 atom stereocenters. The molecule has 4 nitrogen and oxygen atoms in total. The normalized spacial score (nSPS) is 11.3. The Hall–Kier alpha value is -2.71. The summed E-state index contributed by atoms with van der Waals surface area (Å²) in [6.45, 7) is 1.74. The lowest BCUT2D eigenvalue weighted by Crippen LogP contribution is -2.21. The van der Waals surface area contributed by atoms with Crippen LogP contribution in [-0.2, 0) is 0 Å². The number of hydrogen-bond donors (Lipinski definition) is 0. The van der Waals surface area contributed by atoms with Gasteiger partial charge in [-0.25, -0.2) is 13.9 Å². The molecule has 0 saturated heterocycles. The summed E-state index contributed by atoms with van der Waals surface area (Å²) in [4.78, 5) is 16.1. The van der Waals surface area contributed by atoms with E-state index >= 15 is 0 Å². The molecular weight excluding hydrogens is 345 g/mol. The van der Waals surface area contributed by atoms with Crippen LogP contribution in [0.25, 0.3) is 11.5 Å². The predicted octanol–water partition coefficient (Wildman–Crippen LogP) is 3.76. The predicted molar refractivity (Wildman–Crippen MR) is 82.3 cm³/mol. The second kappa shape index (κ2) is 7.04. The fourth-order valence-corrected chi connectivity index (χ4v) is 2.07. The number of aromatic nitrogens is 3. The summed E-state index contributed by atoms with van der Waals surface area (Å²) in [5, 5.41) is 0. The van der Waals surface area contributed by atoms with Crippen molar-refractivity contribution in [3.63, 3.8) is 0 Å². The van der Waals surface area contributed by atoms with E-state index < -0.39 is 24.4 Å². The fourth-order valence-electron chi connectivity index (χ4n) is 2.07. The van der Waals surface area contributed by atoms with Crippen LogP contribution >= 0.6 is 0 Å². The number of nitrogens with zero attached hydrogens (tertiary/aromatic N) is 3. The third-order valence-electron chi connectivity index (χ3n) is 3.41. The Balaban J connectivity index is 0.000000326. The lowest BCUT2D eigenvalue weighted by Gasteiger charge is -2.10. The van der Waals surface area contributed by atoms with E-state index in [-0.39, 0.29) is 5.78 Å². The summed E-state index contributed by atoms with van der Waals surface area (Å²) in [6.07, 6.45) is -1.67. The average molecular weight is 359 g/mol. The highest BCUT2D eigenvalue weighted by Gasteiger charge is 2.26. The Morgan fingerprint density at radius 1 is 1.12 bits per heavy atom. The van der Waals surface area contributed by atoms with Crippen molar-refractivity contribution >= 4 is 5.78 Å². The maximum atomic E-state index is 13.6. The highest BCUT2D eigenvalue weighted by Crippen LogP contribution is 2.15. The summed E-state index contributed by atoms with van der Waals surface area (Å²) < 4.78 is 57.9. The van der Waals surface area contributed by atoms with E-state index in [4.69, 9.17) is 0 Å². The number of aryl methyl sites for hydroxylation is 2. The van der Waals surface area contributed by atoms with Crippen LogP contribution in [0.3, 0.4) is 0 Å². The van der Waals surface area contributed by atoms with E-state index in [0.717, 1.165) is 17.2 Å². The lowest BCUT2D eigenvalue weighted by atomic mass is 10.1. The summed E-state index contributed by atoms with van der Waals surface area (Å²) in [5.74, 6) is -0.342. The van der Waals surface area contributed by atoms with Crippen LogP contribution in [0.1, 0.15) is 11.1 Å². The van der Waals surface area contributed by atoms with Gasteiger partial charge in [-0.1, -0.05) is 6.07 Å². The third kappa shape index (κ3) is 4.23. The number of fused-ring (bicyclic) bond motifs is 1. The molecule has 134 valence electrons. The van der Waals surface area contributed by atoms with E-state index in [9.17, 15) is 26.7 Å². The number of benzene rings is 1. The molecule has 0 unspecified atom stereocenters. The molecule has 1 aromatic carbocycles. The molecule has 0 aliphatic heterocycles. The topological polar surface area (TPSA) is 39.3 Å². The minimum absolute atomic E-state index is 0.272. The highest BCUT2D eigenvalue weighted by atomic mass is 19.4. The zero-order chi connectivity index (χ0) is 18.8. The standard InChI is InChI=1S/C14H12FN3O.C2H2F4/c1-9-3-4-11(7-10(9)2)18-13(19)8-12(15)17-6-5-16-14(17)18;3-1-2(4,5)6/h3-8H,1-2H3;1H2. The van der Waals surface area contributed by atoms with E-state index in [1.54, 1.807) is 0 Å². The zero-order valence-corrected chi connectivity index (χ0v) is 13.3. The second-order valence-electron chi connectivity index (χ2n) is 5.26. The van der Waals surface area contributed by atoms with Crippen molar-refractivity contribution in [2.45, 2.75) is 20.0 Å². The highest BCUT2D eigenvalue weighted by molar-refractivity contribution is 5.46. The molecule has 9 heteroatoms. The molecule has 0 bridgehead atoms. The van der Waals surface area contributed by atoms with Crippen molar-refractivity contribution in [3.8, 4) is 5.69 Å². The first-order chi connectivity index (χ1) is 11.6. The van der Waals surface area contributed by atoms with Crippen LogP contribution in [0.2, 0.25) is 0 Å². The average Bonchev–Trinajstić information content (AvgIpc) is 3.00. The molecule has 0 saturated carbocycles. The Bertz CT molecular complexity index is 943. The number of rotatable bonds is 1. The van der Waals surface area contributed by atoms with E-state index in [1.165, 1.54) is 21.4 Å². The monoisotopic (exact) mass is 359 g/mol. The van der Waals surface area contributed by atoms with Gasteiger partial charge >= 0.3 is 6.18 Å². The number of alkyl halides is 4. The molecule has 0 aliphatic carbocycles. The quantitative estimate of drug-likeness (QED) is 0.490. The minimum Gasteiger partial charge on any atom is -0.269 e. The molecule has 0 amide bonds. The van der Waals surface area contributed by atoms with Gasteiger partial charge in [0.2, 0.25) is 11.7 Å². The van der Waals surface area contributed by atoms with Crippen molar-refractivity contribution in [2.75, 3.05) is 6.67 Å². The fraction of sp³-hybridized carbons (Fsp3) is 0.250. The first kappa shape index (κ1) is 18.6. The van der Waals surface area contributed by atoms with Crippen LogP contribution in [0.5, 0.6) is 0 Å². The molecule has 0 N–H and O–H groups in total. The first-order valence-corrected chi connectivity index (χ1v) is 7.09. The van der Waals surface area contributed by atoms with Crippen molar-refractivity contribution in [2.24, 2.45) is 0 Å². The van der Waals surface area contributed by atoms with Crippen molar-refractivity contribution in [1.82, 2.24) is 14.0 Å². The molecule has 0 aliphatic rings. The third-order valence-corrected chi connectivity index (χ3v) is 3.41. The van der Waals surface area contributed by atoms with Gasteiger partial charge in [0.25, 0.3) is 5.56 Å². The van der Waals surface area contributed by atoms with E-state index in [2.05, 4.69) is 4.98 Å². The lowest BCUT2D eigenvalue weighted by molar-refractivity contribution is -0.142. The van der Waals surface area contributed by atoms with Gasteiger partial charge in [-0.2, -0.15) is 17.6 Å². The van der Waals surface area contributed by atoms with Crippen molar-refractivity contribution in [3.05, 3.63) is 64.1 Å². The Labute approximate surface area is 139 Å². The van der Waals surface area contributed by atoms with Crippen molar-refractivity contribution in [1.29, 1.82) is 0 Å². The van der Waals surface area contributed by atoms with Gasteiger partial charge in [-0.3, -0.25) is 9.20 Å². The molecule has 25 heavy (non-hydrogen) atoms. The summed E-state index contributed by atoms with van der Waals surface area (Å²) in [5.41, 5.74) is 2.46. The van der Waals surface area contributed by atoms with E-state index in [0.29, 0.717) is 5.69 Å². The number of hydrogen-bond acceptors (Lipinski definition) is 2. The molecule has 2 heterocycles. The van der Waals surface area contributed by atoms with Gasteiger partial charge in [-0.15, -0.1) is 0 Å². The van der Waals surface area contributed by atoms with Crippen LogP contribution in [0.4, 0.5) is 22.0 Å². The summed E-state index contributed by atoms with van der Waals surface area (Å²) in [7, 11) is 0. The van der Waals surface area contributed by atoms with Gasteiger partial charge in [0.15, 0.2) is 6.67 Å². The Morgan fingerprint density at radius 2 is 1.76 bits per heavy atom. The molecule has 3 rings (SSSR count). The largest absolute Gasteiger partial charge is 0.416 e. The molecule has 0 fully saturated rings. The second-order valence-corrected chi connectivity index (χ2v) is 5.26. The molecule has 0 radical (unpaired) electrons. The van der Waals surface area contributed by atoms with Gasteiger partial charge < -0.3 is 0 Å². The smallest absolute Gasteiger partial charge is 0.269 e. The number of imidazole rings is 1. The SMILES string of the molecule is Cc1ccc(-n2c(=O)cc(F)n3ccnc23)cc1C.FCC(F)(F)F. The number of halogens is 5. The Morgan fingerprint density at radius 3 is 2.32 bits per heavy atom. The summed E-state index contributed by atoms with van der Waals surface area (Å²) >= 11 is 0.